The van der Waals surface area contributed by atoms with Gasteiger partial charge in [0.2, 0.25) is 6.41 Å². The highest BCUT2D eigenvalue weighted by Crippen LogP contribution is 2.31. The van der Waals surface area contributed by atoms with Gasteiger partial charge in [-0.2, -0.15) is 4.98 Å². The molecule has 0 bridgehead atoms. The molecule has 3 aromatic rings. The number of hydrogen-bond acceptors (Lipinski definition) is 5. The second kappa shape index (κ2) is 12.8. The van der Waals surface area contributed by atoms with Crippen molar-refractivity contribution >= 4 is 29.7 Å². The summed E-state index contributed by atoms with van der Waals surface area (Å²) in [4.78, 5) is 33.0. The summed E-state index contributed by atoms with van der Waals surface area (Å²) in [6, 6.07) is 15.8. The second-order valence-electron chi connectivity index (χ2n) is 9.16. The molecule has 0 N–H and O–H groups in total. The number of imidazole rings is 1. The molecule has 0 aliphatic heterocycles. The van der Waals surface area contributed by atoms with E-state index in [0.717, 1.165) is 17.2 Å². The normalized spacial score (nSPS) is 13.1. The monoisotopic (exact) mass is 586 g/mol. The van der Waals surface area contributed by atoms with Gasteiger partial charge in [0.25, 0.3) is 5.91 Å². The Morgan fingerprint density at radius 2 is 1.80 bits per heavy atom. The molecule has 12 heteroatoms. The Labute approximate surface area is 239 Å². The van der Waals surface area contributed by atoms with Crippen LogP contribution < -0.4 is 9.64 Å². The molecule has 2 amide bonds. The lowest BCUT2D eigenvalue weighted by atomic mass is 10.2. The van der Waals surface area contributed by atoms with Gasteiger partial charge >= 0.3 is 12.4 Å². The van der Waals surface area contributed by atoms with E-state index < -0.39 is 18.0 Å². The Kier molecular flexibility index (Phi) is 9.18. The quantitative estimate of drug-likeness (QED) is 0.269. The van der Waals surface area contributed by atoms with Crippen LogP contribution in [0.5, 0.6) is 6.01 Å². The van der Waals surface area contributed by atoms with Gasteiger partial charge in [-0.3, -0.25) is 19.1 Å². The summed E-state index contributed by atoms with van der Waals surface area (Å²) < 4.78 is 50.4. The van der Waals surface area contributed by atoms with Crippen molar-refractivity contribution in [2.24, 2.45) is 0 Å². The summed E-state index contributed by atoms with van der Waals surface area (Å²) in [6.45, 7) is 0.176. The highest BCUT2D eigenvalue weighted by molar-refractivity contribution is 6.30. The van der Waals surface area contributed by atoms with Crippen molar-refractivity contribution in [1.29, 1.82) is 0 Å². The molecule has 1 aromatic heterocycles. The molecule has 41 heavy (non-hydrogen) atoms. The first-order valence-corrected chi connectivity index (χ1v) is 12.8. The first-order valence-electron chi connectivity index (χ1n) is 12.4. The van der Waals surface area contributed by atoms with Gasteiger partial charge in [0.15, 0.2) is 11.5 Å². The number of carbonyl (C=O) groups is 2. The number of allylic oxidation sites excluding steroid dienone is 4. The number of anilines is 1. The van der Waals surface area contributed by atoms with Crippen LogP contribution in [0.25, 0.3) is 0 Å². The van der Waals surface area contributed by atoms with Gasteiger partial charge in [-0.05, 0) is 29.3 Å². The van der Waals surface area contributed by atoms with Crippen LogP contribution in [0.15, 0.2) is 90.4 Å². The van der Waals surface area contributed by atoms with Crippen molar-refractivity contribution in [3.8, 4) is 6.01 Å². The summed E-state index contributed by atoms with van der Waals surface area (Å²) >= 11 is 6.05. The van der Waals surface area contributed by atoms with Gasteiger partial charge in [-0.1, -0.05) is 66.2 Å². The summed E-state index contributed by atoms with van der Waals surface area (Å²) in [5, 5.41) is 0.508. The highest BCUT2D eigenvalue weighted by atomic mass is 35.5. The summed E-state index contributed by atoms with van der Waals surface area (Å²) in [5.41, 5.74) is 1.55. The van der Waals surface area contributed by atoms with Crippen LogP contribution in [0.2, 0.25) is 5.02 Å². The van der Waals surface area contributed by atoms with Crippen molar-refractivity contribution in [3.05, 3.63) is 112 Å². The first-order chi connectivity index (χ1) is 19.5. The molecule has 4 rings (SSSR count). The van der Waals surface area contributed by atoms with Crippen molar-refractivity contribution in [2.75, 3.05) is 19.0 Å². The number of benzene rings is 2. The third-order valence-corrected chi connectivity index (χ3v) is 6.10. The Bertz CT molecular complexity index is 1480. The molecule has 1 aliphatic carbocycles. The molecule has 0 unspecified atom stereocenters. The van der Waals surface area contributed by atoms with Gasteiger partial charge < -0.3 is 14.4 Å². The van der Waals surface area contributed by atoms with Gasteiger partial charge in [-0.25, -0.2) is 0 Å². The molecule has 0 saturated heterocycles. The number of halogens is 4. The molecule has 1 heterocycles. The minimum Gasteiger partial charge on any atom is -0.425 e. The van der Waals surface area contributed by atoms with Crippen molar-refractivity contribution in [2.45, 2.75) is 25.9 Å². The molecule has 0 saturated carbocycles. The maximum atomic E-state index is 13.5. The van der Waals surface area contributed by atoms with E-state index in [-0.39, 0.29) is 42.8 Å². The van der Waals surface area contributed by atoms with Gasteiger partial charge in [-0.15, -0.1) is 13.2 Å². The zero-order valence-electron chi connectivity index (χ0n) is 22.1. The summed E-state index contributed by atoms with van der Waals surface area (Å²) in [5.74, 6) is -0.859. The third-order valence-electron chi connectivity index (χ3n) is 5.85. The number of aromatic nitrogens is 2. The molecular weight excluding hydrogens is 561 g/mol. The lowest BCUT2D eigenvalue weighted by Gasteiger charge is -2.19. The fraction of sp³-hybridized carbons (Fsp3) is 0.207. The zero-order chi connectivity index (χ0) is 29.6. The van der Waals surface area contributed by atoms with Crippen molar-refractivity contribution in [1.82, 2.24) is 14.5 Å². The third kappa shape index (κ3) is 7.79. The predicted molar refractivity (Wildman–Crippen MR) is 147 cm³/mol. The molecule has 0 radical (unpaired) electrons. The summed E-state index contributed by atoms with van der Waals surface area (Å²) in [7, 11) is 3.10. The van der Waals surface area contributed by atoms with Crippen molar-refractivity contribution in [3.63, 3.8) is 0 Å². The maximum Gasteiger partial charge on any atom is 0.572 e. The van der Waals surface area contributed by atoms with Crippen LogP contribution in [0.1, 0.15) is 28.0 Å². The molecule has 214 valence electrons. The molecule has 0 spiro atoms. The van der Waals surface area contributed by atoms with Crippen LogP contribution in [-0.2, 0) is 22.6 Å². The number of hydrogen-bond donors (Lipinski definition) is 0. The Morgan fingerprint density at radius 3 is 2.44 bits per heavy atom. The number of alkyl halides is 3. The van der Waals surface area contributed by atoms with E-state index in [1.807, 2.05) is 30.3 Å². The molecule has 1 aliphatic rings. The molecular formula is C29H26ClF3N4O4. The second-order valence-corrected chi connectivity index (χ2v) is 9.60. The van der Waals surface area contributed by atoms with Crippen LogP contribution in [-0.4, -0.2) is 47.2 Å². The lowest BCUT2D eigenvalue weighted by molar-refractivity contribution is -0.306. The minimum atomic E-state index is -4.89. The van der Waals surface area contributed by atoms with Gasteiger partial charge in [0.05, 0.1) is 13.1 Å². The number of amides is 2. The van der Waals surface area contributed by atoms with Crippen LogP contribution >= 0.6 is 11.6 Å². The minimum absolute atomic E-state index is 0.0172. The van der Waals surface area contributed by atoms with E-state index in [2.05, 4.69) is 9.72 Å². The molecule has 0 fully saturated rings. The average Bonchev–Trinajstić information content (AvgIpc) is 3.11. The SMILES string of the molecule is CN(C)C(=O)c1c(N(C=O)Cc2ccccc2)nc(OC2=CC=CCC(OC(F)(F)F)=C2)n1Cc1ccc(Cl)cc1. The smallest absolute Gasteiger partial charge is 0.425 e. The highest BCUT2D eigenvalue weighted by Gasteiger charge is 2.33. The topological polar surface area (TPSA) is 76.9 Å². The van der Waals surface area contributed by atoms with E-state index in [4.69, 9.17) is 16.3 Å². The number of carbonyl (C=O) groups excluding carboxylic acids is 2. The van der Waals surface area contributed by atoms with E-state index in [0.29, 0.717) is 11.4 Å². The molecule has 0 atom stereocenters. The zero-order valence-corrected chi connectivity index (χ0v) is 22.9. The Hall–Kier alpha value is -4.51. The Morgan fingerprint density at radius 1 is 1.10 bits per heavy atom. The standard InChI is InChI=1S/C29H26ClF3N4O4/c1-35(2)27(39)25-26(36(19-38)17-20-8-4-3-5-9-20)34-28(37(25)18-21-12-14-22(30)15-13-21)40-23-10-6-7-11-24(16-23)41-29(31,32)33/h3-10,12-16,19H,11,17-18H2,1-2H3. The van der Waals surface area contributed by atoms with Gasteiger partial charge in [0.1, 0.15) is 11.5 Å². The van der Waals surface area contributed by atoms with E-state index in [1.165, 1.54) is 32.6 Å². The fourth-order valence-electron chi connectivity index (χ4n) is 3.98. The first kappa shape index (κ1) is 29.5. The Balaban J connectivity index is 1.84. The summed E-state index contributed by atoms with van der Waals surface area (Å²) in [6.07, 6.45) is 1.10. The maximum absolute atomic E-state index is 13.5. The number of ether oxygens (including phenoxy) is 2. The van der Waals surface area contributed by atoms with Crippen LogP contribution in [0.3, 0.4) is 0 Å². The number of nitrogens with zero attached hydrogens (tertiary/aromatic N) is 4. The van der Waals surface area contributed by atoms with E-state index in [1.54, 1.807) is 38.4 Å². The lowest BCUT2D eigenvalue weighted by Crippen LogP contribution is -2.29. The van der Waals surface area contributed by atoms with E-state index in [9.17, 15) is 22.8 Å². The van der Waals surface area contributed by atoms with Crippen LogP contribution in [0, 0.1) is 0 Å². The van der Waals surface area contributed by atoms with Crippen molar-refractivity contribution < 1.29 is 32.2 Å². The van der Waals surface area contributed by atoms with Crippen LogP contribution in [0.4, 0.5) is 19.0 Å². The molecule has 8 nitrogen and oxygen atoms in total. The van der Waals surface area contributed by atoms with E-state index >= 15 is 0 Å². The van der Waals surface area contributed by atoms with Gasteiger partial charge in [0, 0.05) is 31.6 Å². The predicted octanol–water partition coefficient (Wildman–Crippen LogP) is 6.09. The number of rotatable bonds is 10. The average molecular weight is 587 g/mol. The largest absolute Gasteiger partial charge is 0.572 e. The molecule has 2 aromatic carbocycles. The fourth-order valence-corrected chi connectivity index (χ4v) is 4.11.